The van der Waals surface area contributed by atoms with Crippen LogP contribution in [0.4, 0.5) is 0 Å². The van der Waals surface area contributed by atoms with Gasteiger partial charge in [0.15, 0.2) is 0 Å². The minimum Gasteiger partial charge on any atom is -0.497 e. The molecule has 0 bridgehead atoms. The van der Waals surface area contributed by atoms with E-state index in [1.54, 1.807) is 61.7 Å². The maximum absolute atomic E-state index is 12.8. The van der Waals surface area contributed by atoms with E-state index in [9.17, 15) is 9.59 Å². The molecule has 2 aromatic carbocycles. The number of amides is 1. The highest BCUT2D eigenvalue weighted by atomic mass is 16.5. The number of rotatable bonds is 9. The highest BCUT2D eigenvalue weighted by molar-refractivity contribution is 6.04. The van der Waals surface area contributed by atoms with Gasteiger partial charge >= 0.3 is 5.97 Å². The van der Waals surface area contributed by atoms with Crippen LogP contribution in [0.3, 0.4) is 0 Å². The number of hydrogen-bond donors (Lipinski definition) is 1. The van der Waals surface area contributed by atoms with Gasteiger partial charge in [0, 0.05) is 0 Å². The molecule has 0 fully saturated rings. The first-order valence-electron chi connectivity index (χ1n) is 9.41. The lowest BCUT2D eigenvalue weighted by molar-refractivity contribution is -0.139. The molecule has 0 radical (unpaired) electrons. The lowest BCUT2D eigenvalue weighted by atomic mass is 10.1. The van der Waals surface area contributed by atoms with Gasteiger partial charge in [-0.25, -0.2) is 4.79 Å². The van der Waals surface area contributed by atoms with Crippen molar-refractivity contribution < 1.29 is 23.8 Å². The topological polar surface area (TPSA) is 73.9 Å². The molecule has 29 heavy (non-hydrogen) atoms. The Morgan fingerprint density at radius 3 is 2.31 bits per heavy atom. The van der Waals surface area contributed by atoms with Gasteiger partial charge in [-0.3, -0.25) is 4.79 Å². The molecule has 0 aliphatic rings. The van der Waals surface area contributed by atoms with Crippen molar-refractivity contribution in [1.82, 2.24) is 5.32 Å². The fraction of sp³-hybridized carbons (Fsp3) is 0.304. The number of benzene rings is 2. The van der Waals surface area contributed by atoms with E-state index >= 15 is 0 Å². The number of carbonyl (C=O) groups excluding carboxylic acids is 2. The quantitative estimate of drug-likeness (QED) is 0.510. The molecule has 2 aromatic rings. The monoisotopic (exact) mass is 397 g/mol. The van der Waals surface area contributed by atoms with E-state index in [1.807, 2.05) is 13.8 Å². The number of hydrogen-bond acceptors (Lipinski definition) is 5. The zero-order valence-electron chi connectivity index (χ0n) is 17.2. The van der Waals surface area contributed by atoms with E-state index in [4.69, 9.17) is 14.2 Å². The zero-order valence-corrected chi connectivity index (χ0v) is 17.2. The fourth-order valence-corrected chi connectivity index (χ4v) is 2.50. The molecule has 154 valence electrons. The van der Waals surface area contributed by atoms with Gasteiger partial charge in [0.1, 0.15) is 17.2 Å². The van der Waals surface area contributed by atoms with Crippen LogP contribution in [0.1, 0.15) is 36.2 Å². The molecule has 6 heteroatoms. The molecule has 0 saturated heterocycles. The van der Waals surface area contributed by atoms with Crippen molar-refractivity contribution in [1.29, 1.82) is 0 Å². The van der Waals surface area contributed by atoms with Crippen molar-refractivity contribution >= 4 is 18.0 Å². The molecule has 0 unspecified atom stereocenters. The summed E-state index contributed by atoms with van der Waals surface area (Å²) in [5.41, 5.74) is 1.10. The Kier molecular flexibility index (Phi) is 8.27. The van der Waals surface area contributed by atoms with Gasteiger partial charge in [-0.05, 0) is 48.2 Å². The summed E-state index contributed by atoms with van der Waals surface area (Å²) in [6.45, 7) is 4.37. The number of nitrogens with one attached hydrogen (secondary N) is 1. The summed E-state index contributed by atoms with van der Waals surface area (Å²) in [5, 5.41) is 2.66. The van der Waals surface area contributed by atoms with E-state index in [2.05, 4.69) is 5.32 Å². The average Bonchev–Trinajstić information content (AvgIpc) is 2.73. The Bertz CT molecular complexity index is 856. The Morgan fingerprint density at radius 1 is 1.00 bits per heavy atom. The Morgan fingerprint density at radius 2 is 1.69 bits per heavy atom. The molecule has 0 heterocycles. The summed E-state index contributed by atoms with van der Waals surface area (Å²) >= 11 is 0. The predicted molar refractivity (Wildman–Crippen MR) is 112 cm³/mol. The van der Waals surface area contributed by atoms with Gasteiger partial charge in [-0.2, -0.15) is 0 Å². The Hall–Kier alpha value is -3.28. The molecular weight excluding hydrogens is 370 g/mol. The number of esters is 1. The highest BCUT2D eigenvalue weighted by Gasteiger charge is 2.18. The van der Waals surface area contributed by atoms with Crippen LogP contribution in [0.5, 0.6) is 11.5 Å². The second kappa shape index (κ2) is 10.9. The van der Waals surface area contributed by atoms with Crippen molar-refractivity contribution in [2.24, 2.45) is 5.92 Å². The second-order valence-electron chi connectivity index (χ2n) is 6.80. The predicted octanol–water partition coefficient (Wildman–Crippen LogP) is 4.06. The molecule has 0 aliphatic carbocycles. The van der Waals surface area contributed by atoms with Crippen LogP contribution in [-0.4, -0.2) is 32.7 Å². The first-order valence-corrected chi connectivity index (χ1v) is 9.41. The largest absolute Gasteiger partial charge is 0.497 e. The smallest absolute Gasteiger partial charge is 0.354 e. The van der Waals surface area contributed by atoms with Crippen molar-refractivity contribution in [2.75, 3.05) is 20.8 Å². The van der Waals surface area contributed by atoms with Gasteiger partial charge in [0.2, 0.25) is 0 Å². The third-order valence-electron chi connectivity index (χ3n) is 4.17. The zero-order chi connectivity index (χ0) is 21.2. The molecule has 0 aliphatic heterocycles. The maximum Gasteiger partial charge on any atom is 0.354 e. The molecule has 0 atom stereocenters. The van der Waals surface area contributed by atoms with E-state index in [0.29, 0.717) is 23.0 Å². The number of methoxy groups -OCH3 is 2. The van der Waals surface area contributed by atoms with Crippen molar-refractivity contribution in [3.05, 3.63) is 65.4 Å². The summed E-state index contributed by atoms with van der Waals surface area (Å²) in [6.07, 6.45) is 2.31. The first kappa shape index (κ1) is 22.0. The van der Waals surface area contributed by atoms with Crippen LogP contribution < -0.4 is 14.8 Å². The van der Waals surface area contributed by atoms with E-state index < -0.39 is 11.9 Å². The van der Waals surface area contributed by atoms with E-state index in [-0.39, 0.29) is 12.3 Å². The normalized spacial score (nSPS) is 11.1. The maximum atomic E-state index is 12.8. The molecule has 0 saturated carbocycles. The highest BCUT2D eigenvalue weighted by Crippen LogP contribution is 2.19. The third kappa shape index (κ3) is 6.68. The van der Waals surface area contributed by atoms with Crippen molar-refractivity contribution in [3.63, 3.8) is 0 Å². The lowest BCUT2D eigenvalue weighted by Crippen LogP contribution is -2.29. The Balaban J connectivity index is 2.26. The van der Waals surface area contributed by atoms with Crippen LogP contribution in [-0.2, 0) is 9.53 Å². The van der Waals surface area contributed by atoms with Crippen molar-refractivity contribution in [3.8, 4) is 11.5 Å². The molecule has 6 nitrogen and oxygen atoms in total. The molecule has 2 rings (SSSR count). The summed E-state index contributed by atoms with van der Waals surface area (Å²) in [7, 11) is 3.07. The number of para-hydroxylation sites is 1. The van der Waals surface area contributed by atoms with Crippen molar-refractivity contribution in [2.45, 2.75) is 20.3 Å². The lowest BCUT2D eigenvalue weighted by Gasteiger charge is -2.13. The summed E-state index contributed by atoms with van der Waals surface area (Å²) in [4.78, 5) is 25.4. The molecule has 1 N–H and O–H groups in total. The Labute approximate surface area is 171 Å². The number of ether oxygens (including phenoxy) is 3. The van der Waals surface area contributed by atoms with Crippen LogP contribution in [0, 0.1) is 5.92 Å². The number of carbonyl (C=O) groups is 2. The molecule has 0 spiro atoms. The molecule has 1 amide bonds. The van der Waals surface area contributed by atoms with Crippen LogP contribution >= 0.6 is 0 Å². The molecule has 0 aromatic heterocycles. The van der Waals surface area contributed by atoms with Gasteiger partial charge in [0.05, 0.1) is 26.4 Å². The second-order valence-corrected chi connectivity index (χ2v) is 6.80. The van der Waals surface area contributed by atoms with E-state index in [1.165, 1.54) is 7.11 Å². The summed E-state index contributed by atoms with van der Waals surface area (Å²) in [5.74, 6) is 0.468. The van der Waals surface area contributed by atoms with Crippen LogP contribution in [0.25, 0.3) is 6.08 Å². The standard InChI is InChI=1S/C23H27NO5/c1-16(2)13-14-29-23(26)20(15-17-9-11-18(27-3)12-10-17)24-22(25)19-7-5-6-8-21(19)28-4/h5-12,15-16H,13-14H2,1-4H3,(H,24,25)/b20-15-. The fourth-order valence-electron chi connectivity index (χ4n) is 2.50. The molecular formula is C23H27NO5. The average molecular weight is 397 g/mol. The van der Waals surface area contributed by atoms with Crippen LogP contribution in [0.2, 0.25) is 0 Å². The summed E-state index contributed by atoms with van der Waals surface area (Å²) in [6, 6.07) is 13.9. The van der Waals surface area contributed by atoms with E-state index in [0.717, 1.165) is 12.0 Å². The minimum atomic E-state index is -0.593. The minimum absolute atomic E-state index is 0.0508. The first-order chi connectivity index (χ1) is 13.9. The van der Waals surface area contributed by atoms with Gasteiger partial charge in [-0.1, -0.05) is 38.1 Å². The van der Waals surface area contributed by atoms with Crippen LogP contribution in [0.15, 0.2) is 54.2 Å². The SMILES string of the molecule is COc1ccc(/C=C(\NC(=O)c2ccccc2OC)C(=O)OCCC(C)C)cc1. The van der Waals surface area contributed by atoms with Gasteiger partial charge < -0.3 is 19.5 Å². The van der Waals surface area contributed by atoms with Gasteiger partial charge in [0.25, 0.3) is 5.91 Å². The van der Waals surface area contributed by atoms with Gasteiger partial charge in [-0.15, -0.1) is 0 Å². The third-order valence-corrected chi connectivity index (χ3v) is 4.17. The summed E-state index contributed by atoms with van der Waals surface area (Å²) < 4.78 is 15.7.